The summed E-state index contributed by atoms with van der Waals surface area (Å²) in [5.41, 5.74) is -0.442. The number of carboxylic acid groups (broad SMARTS) is 1. The quantitative estimate of drug-likeness (QED) is 0.379. The summed E-state index contributed by atoms with van der Waals surface area (Å²) >= 11 is 0. The van der Waals surface area contributed by atoms with Gasteiger partial charge in [-0.15, -0.1) is 0 Å². The summed E-state index contributed by atoms with van der Waals surface area (Å²) in [6, 6.07) is 0. The molecule has 0 atom stereocenters. The first kappa shape index (κ1) is 14.9. The molecule has 94 valence electrons. The fourth-order valence-electron chi connectivity index (χ4n) is 0.888. The molecule has 0 fully saturated rings. The number of nitrogens with zero attached hydrogens (tertiary/aromatic N) is 1. The Kier molecular flexibility index (Phi) is 6.67. The van der Waals surface area contributed by atoms with Gasteiger partial charge >= 0.3 is 5.97 Å². The minimum Gasteiger partial charge on any atom is -0.481 e. The second-order valence-corrected chi connectivity index (χ2v) is 4.21. The van der Waals surface area contributed by atoms with Crippen LogP contribution in [0.25, 0.3) is 0 Å². The SMILES string of the molecule is CC(C)(C)ON(C=O)CCOCCC(=O)O. The number of carbonyl (C=O) groups excluding carboxylic acids is 1. The smallest absolute Gasteiger partial charge is 0.305 e. The molecule has 0 aromatic rings. The van der Waals surface area contributed by atoms with E-state index < -0.39 is 11.6 Å². The number of hydrogen-bond donors (Lipinski definition) is 1. The van der Waals surface area contributed by atoms with Gasteiger partial charge in [-0.05, 0) is 20.8 Å². The summed E-state index contributed by atoms with van der Waals surface area (Å²) < 4.78 is 5.03. The van der Waals surface area contributed by atoms with E-state index in [0.29, 0.717) is 6.41 Å². The van der Waals surface area contributed by atoms with E-state index in [9.17, 15) is 9.59 Å². The molecular formula is C10H19NO5. The van der Waals surface area contributed by atoms with Crippen LogP contribution in [0.15, 0.2) is 0 Å². The van der Waals surface area contributed by atoms with E-state index >= 15 is 0 Å². The lowest BCUT2D eigenvalue weighted by atomic mass is 10.2. The van der Waals surface area contributed by atoms with Crippen molar-refractivity contribution in [2.75, 3.05) is 19.8 Å². The zero-order valence-electron chi connectivity index (χ0n) is 9.93. The van der Waals surface area contributed by atoms with Crippen LogP contribution >= 0.6 is 0 Å². The summed E-state index contributed by atoms with van der Waals surface area (Å²) in [5, 5.41) is 9.49. The van der Waals surface area contributed by atoms with Gasteiger partial charge in [-0.3, -0.25) is 14.4 Å². The molecule has 6 nitrogen and oxygen atoms in total. The first-order chi connectivity index (χ1) is 7.35. The minimum absolute atomic E-state index is 0.0405. The van der Waals surface area contributed by atoms with Gasteiger partial charge in [0.05, 0.1) is 31.8 Å². The molecule has 0 bridgehead atoms. The van der Waals surface area contributed by atoms with E-state index in [2.05, 4.69) is 0 Å². The Bertz CT molecular complexity index is 224. The van der Waals surface area contributed by atoms with Gasteiger partial charge in [0.25, 0.3) is 0 Å². The Morgan fingerprint density at radius 1 is 1.38 bits per heavy atom. The van der Waals surface area contributed by atoms with Gasteiger partial charge in [-0.2, -0.15) is 0 Å². The van der Waals surface area contributed by atoms with E-state index in [1.807, 2.05) is 20.8 Å². The molecule has 1 N–H and O–H groups in total. The van der Waals surface area contributed by atoms with Gasteiger partial charge in [0, 0.05) is 0 Å². The highest BCUT2D eigenvalue weighted by Gasteiger charge is 2.15. The third kappa shape index (κ3) is 9.42. The predicted molar refractivity (Wildman–Crippen MR) is 56.7 cm³/mol. The Morgan fingerprint density at radius 3 is 2.44 bits per heavy atom. The molecule has 16 heavy (non-hydrogen) atoms. The van der Waals surface area contributed by atoms with Crippen LogP contribution in [0.4, 0.5) is 0 Å². The van der Waals surface area contributed by atoms with Gasteiger partial charge in [0.1, 0.15) is 0 Å². The van der Waals surface area contributed by atoms with Crippen molar-refractivity contribution < 1.29 is 24.3 Å². The molecule has 0 aromatic carbocycles. The number of carboxylic acids is 1. The van der Waals surface area contributed by atoms with Crippen molar-refractivity contribution in [1.82, 2.24) is 5.06 Å². The lowest BCUT2D eigenvalue weighted by Crippen LogP contribution is -2.35. The third-order valence-corrected chi connectivity index (χ3v) is 1.42. The molecule has 0 heterocycles. The number of hydroxylamine groups is 2. The van der Waals surface area contributed by atoms with Gasteiger partial charge in [0.15, 0.2) is 0 Å². The van der Waals surface area contributed by atoms with Crippen LogP contribution in [-0.4, -0.2) is 47.9 Å². The van der Waals surface area contributed by atoms with Crippen molar-refractivity contribution in [3.8, 4) is 0 Å². The number of carbonyl (C=O) groups is 2. The first-order valence-corrected chi connectivity index (χ1v) is 5.06. The Morgan fingerprint density at radius 2 is 2.00 bits per heavy atom. The van der Waals surface area contributed by atoms with Crippen molar-refractivity contribution in [2.45, 2.75) is 32.8 Å². The maximum Gasteiger partial charge on any atom is 0.305 e. The van der Waals surface area contributed by atoms with E-state index in [1.165, 1.54) is 0 Å². The molecule has 1 amide bonds. The van der Waals surface area contributed by atoms with Crippen LogP contribution in [0.3, 0.4) is 0 Å². The maximum atomic E-state index is 10.6. The van der Waals surface area contributed by atoms with E-state index in [0.717, 1.165) is 5.06 Å². The molecule has 0 aliphatic heterocycles. The zero-order chi connectivity index (χ0) is 12.6. The van der Waals surface area contributed by atoms with E-state index in [-0.39, 0.29) is 26.2 Å². The lowest BCUT2D eigenvalue weighted by molar-refractivity contribution is -0.219. The van der Waals surface area contributed by atoms with Crippen molar-refractivity contribution >= 4 is 12.4 Å². The number of aliphatic carboxylic acids is 1. The minimum atomic E-state index is -0.904. The average Bonchev–Trinajstić information content (AvgIpc) is 2.13. The molecule has 0 saturated heterocycles. The van der Waals surface area contributed by atoms with Crippen LogP contribution in [0.5, 0.6) is 0 Å². The van der Waals surface area contributed by atoms with Crippen LogP contribution in [-0.2, 0) is 19.2 Å². The van der Waals surface area contributed by atoms with Crippen molar-refractivity contribution in [3.63, 3.8) is 0 Å². The largest absolute Gasteiger partial charge is 0.481 e. The molecule has 0 unspecified atom stereocenters. The van der Waals surface area contributed by atoms with Crippen LogP contribution in [0.1, 0.15) is 27.2 Å². The molecular weight excluding hydrogens is 214 g/mol. The van der Waals surface area contributed by atoms with Crippen molar-refractivity contribution in [3.05, 3.63) is 0 Å². The summed E-state index contributed by atoms with van der Waals surface area (Å²) in [7, 11) is 0. The Labute approximate surface area is 95.1 Å². The van der Waals surface area contributed by atoms with E-state index in [1.54, 1.807) is 0 Å². The van der Waals surface area contributed by atoms with E-state index in [4.69, 9.17) is 14.7 Å². The molecule has 0 saturated carbocycles. The summed E-state index contributed by atoms with van der Waals surface area (Å²) in [5.74, 6) is -0.904. The van der Waals surface area contributed by atoms with Gasteiger partial charge in [0.2, 0.25) is 6.41 Å². The van der Waals surface area contributed by atoms with Crippen LogP contribution < -0.4 is 0 Å². The molecule has 0 rings (SSSR count). The molecule has 0 aliphatic rings. The summed E-state index contributed by atoms with van der Waals surface area (Å²) in [6.07, 6.45) is 0.535. The second-order valence-electron chi connectivity index (χ2n) is 4.21. The number of hydrogen-bond acceptors (Lipinski definition) is 4. The number of ether oxygens (including phenoxy) is 1. The molecule has 6 heteroatoms. The highest BCUT2D eigenvalue weighted by molar-refractivity contribution is 5.66. The summed E-state index contributed by atoms with van der Waals surface area (Å²) in [6.45, 7) is 6.15. The monoisotopic (exact) mass is 233 g/mol. The molecule has 0 spiro atoms. The normalized spacial score (nSPS) is 11.2. The number of amides is 1. The van der Waals surface area contributed by atoms with Crippen LogP contribution in [0, 0.1) is 0 Å². The predicted octanol–water partition coefficient (Wildman–Crippen LogP) is 0.666. The van der Waals surface area contributed by atoms with Crippen LogP contribution in [0.2, 0.25) is 0 Å². The standard InChI is InChI=1S/C10H19NO5/c1-10(2,3)16-11(8-12)5-7-15-6-4-9(13)14/h8H,4-7H2,1-3H3,(H,13,14). The van der Waals surface area contributed by atoms with Crippen molar-refractivity contribution in [1.29, 1.82) is 0 Å². The highest BCUT2D eigenvalue weighted by Crippen LogP contribution is 2.08. The fourth-order valence-corrected chi connectivity index (χ4v) is 0.888. The maximum absolute atomic E-state index is 10.6. The van der Waals surface area contributed by atoms with Gasteiger partial charge in [-0.25, -0.2) is 5.06 Å². The third-order valence-electron chi connectivity index (χ3n) is 1.42. The number of rotatable bonds is 8. The fraction of sp³-hybridized carbons (Fsp3) is 0.800. The Hall–Kier alpha value is -1.14. The lowest BCUT2D eigenvalue weighted by Gasteiger charge is -2.26. The molecule has 0 aliphatic carbocycles. The van der Waals surface area contributed by atoms with Gasteiger partial charge in [-0.1, -0.05) is 0 Å². The van der Waals surface area contributed by atoms with Crippen molar-refractivity contribution in [2.24, 2.45) is 0 Å². The molecule has 0 aromatic heterocycles. The van der Waals surface area contributed by atoms with Gasteiger partial charge < -0.3 is 9.84 Å². The summed E-state index contributed by atoms with van der Waals surface area (Å²) in [4.78, 5) is 26.1. The topological polar surface area (TPSA) is 76.1 Å². The highest BCUT2D eigenvalue weighted by atomic mass is 16.7. The zero-order valence-corrected chi connectivity index (χ0v) is 9.93. The second kappa shape index (κ2) is 7.19. The Balaban J connectivity index is 3.64. The first-order valence-electron chi connectivity index (χ1n) is 5.06. The average molecular weight is 233 g/mol. The molecule has 0 radical (unpaired) electrons.